The minimum Gasteiger partial charge on any atom is -0.427 e. The predicted octanol–water partition coefficient (Wildman–Crippen LogP) is 1.47. The van der Waals surface area contributed by atoms with E-state index in [9.17, 15) is 13.2 Å². The second kappa shape index (κ2) is 5.79. The van der Waals surface area contributed by atoms with Gasteiger partial charge in [0.1, 0.15) is 11.4 Å². The van der Waals surface area contributed by atoms with Crippen molar-refractivity contribution in [2.75, 3.05) is 5.75 Å². The van der Waals surface area contributed by atoms with E-state index < -0.39 is 9.84 Å². The van der Waals surface area contributed by atoms with Crippen LogP contribution in [0.15, 0.2) is 41.6 Å². The first kappa shape index (κ1) is 14.1. The Morgan fingerprint density at radius 3 is 2.65 bits per heavy atom. The quantitative estimate of drug-likeness (QED) is 0.776. The lowest BCUT2D eigenvalue weighted by atomic mass is 10.2. The summed E-state index contributed by atoms with van der Waals surface area (Å²) in [7, 11) is -3.39. The SMILES string of the molecule is CCS(=O)(=O)c1cccnc1-c1ccc(OC=O)cn1. The van der Waals surface area contributed by atoms with Crippen LogP contribution >= 0.6 is 0 Å². The topological polar surface area (TPSA) is 86.2 Å². The highest BCUT2D eigenvalue weighted by Gasteiger charge is 2.19. The summed E-state index contributed by atoms with van der Waals surface area (Å²) in [5.41, 5.74) is 0.683. The largest absolute Gasteiger partial charge is 0.427 e. The molecule has 0 amide bonds. The van der Waals surface area contributed by atoms with Crippen LogP contribution in [0, 0.1) is 0 Å². The van der Waals surface area contributed by atoms with Gasteiger partial charge in [0, 0.05) is 6.20 Å². The molecule has 0 aliphatic heterocycles. The van der Waals surface area contributed by atoms with Gasteiger partial charge >= 0.3 is 0 Å². The molecule has 20 heavy (non-hydrogen) atoms. The van der Waals surface area contributed by atoms with Crippen LogP contribution in [-0.4, -0.2) is 30.6 Å². The lowest BCUT2D eigenvalue weighted by Crippen LogP contribution is -2.07. The highest BCUT2D eigenvalue weighted by molar-refractivity contribution is 7.91. The van der Waals surface area contributed by atoms with E-state index in [0.29, 0.717) is 12.2 Å². The number of hydrogen-bond acceptors (Lipinski definition) is 6. The van der Waals surface area contributed by atoms with Gasteiger partial charge in [-0.2, -0.15) is 0 Å². The van der Waals surface area contributed by atoms with Gasteiger partial charge in [-0.05, 0) is 24.3 Å². The molecule has 0 unspecified atom stereocenters. The summed E-state index contributed by atoms with van der Waals surface area (Å²) < 4.78 is 28.7. The molecule has 0 aliphatic rings. The number of ether oxygens (including phenoxy) is 1. The first-order valence-corrected chi connectivity index (χ1v) is 7.48. The number of aromatic nitrogens is 2. The van der Waals surface area contributed by atoms with Crippen molar-refractivity contribution >= 4 is 16.3 Å². The Balaban J connectivity index is 2.50. The normalized spacial score (nSPS) is 11.1. The Morgan fingerprint density at radius 1 is 1.25 bits per heavy atom. The zero-order valence-corrected chi connectivity index (χ0v) is 11.5. The summed E-state index contributed by atoms with van der Waals surface area (Å²) in [5.74, 6) is 0.262. The van der Waals surface area contributed by atoms with Crippen molar-refractivity contribution < 1.29 is 17.9 Å². The monoisotopic (exact) mass is 292 g/mol. The molecular weight excluding hydrogens is 280 g/mol. The number of rotatable bonds is 5. The highest BCUT2D eigenvalue weighted by atomic mass is 32.2. The standard InChI is InChI=1S/C13H12N2O4S/c1-2-20(17,18)12-4-3-7-14-13(12)11-6-5-10(8-15-11)19-9-16/h3-9H,2H2,1H3. The number of carbonyl (C=O) groups excluding carboxylic acids is 1. The summed E-state index contributed by atoms with van der Waals surface area (Å²) in [6.07, 6.45) is 2.84. The lowest BCUT2D eigenvalue weighted by Gasteiger charge is -2.07. The summed E-state index contributed by atoms with van der Waals surface area (Å²) in [6, 6.07) is 6.14. The average Bonchev–Trinajstić information content (AvgIpc) is 2.48. The number of pyridine rings is 2. The van der Waals surface area contributed by atoms with E-state index in [-0.39, 0.29) is 22.1 Å². The number of hydrogen-bond donors (Lipinski definition) is 0. The molecule has 2 aromatic rings. The fourth-order valence-corrected chi connectivity index (χ4v) is 2.68. The van der Waals surface area contributed by atoms with E-state index in [1.54, 1.807) is 19.1 Å². The van der Waals surface area contributed by atoms with Gasteiger partial charge in [-0.15, -0.1) is 0 Å². The second-order valence-corrected chi connectivity index (χ2v) is 6.09. The van der Waals surface area contributed by atoms with Gasteiger partial charge in [0.05, 0.1) is 22.5 Å². The molecule has 0 radical (unpaired) electrons. The molecule has 0 spiro atoms. The predicted molar refractivity (Wildman–Crippen MR) is 71.9 cm³/mol. The van der Waals surface area contributed by atoms with Crippen LogP contribution < -0.4 is 4.74 Å². The van der Waals surface area contributed by atoms with Crippen molar-refractivity contribution in [1.29, 1.82) is 0 Å². The molecule has 6 nitrogen and oxygen atoms in total. The van der Waals surface area contributed by atoms with Crippen molar-refractivity contribution in [3.8, 4) is 17.1 Å². The summed E-state index contributed by atoms with van der Waals surface area (Å²) in [4.78, 5) is 18.5. The Labute approximate surface area is 116 Å². The number of sulfone groups is 1. The van der Waals surface area contributed by atoms with Gasteiger partial charge in [-0.3, -0.25) is 14.8 Å². The van der Waals surface area contributed by atoms with E-state index in [1.807, 2.05) is 0 Å². The Hall–Kier alpha value is -2.28. The van der Waals surface area contributed by atoms with Gasteiger partial charge in [-0.1, -0.05) is 6.92 Å². The number of nitrogens with zero attached hydrogens (tertiary/aromatic N) is 2. The molecule has 0 aliphatic carbocycles. The highest BCUT2D eigenvalue weighted by Crippen LogP contribution is 2.25. The van der Waals surface area contributed by atoms with Crippen LogP contribution in [0.25, 0.3) is 11.4 Å². The van der Waals surface area contributed by atoms with Crippen LogP contribution in [0.3, 0.4) is 0 Å². The van der Waals surface area contributed by atoms with Crippen molar-refractivity contribution in [1.82, 2.24) is 9.97 Å². The average molecular weight is 292 g/mol. The fraction of sp³-hybridized carbons (Fsp3) is 0.154. The third-order valence-corrected chi connectivity index (χ3v) is 4.41. The summed E-state index contributed by atoms with van der Waals surface area (Å²) in [6.45, 7) is 1.87. The van der Waals surface area contributed by atoms with Crippen molar-refractivity contribution in [3.63, 3.8) is 0 Å². The maximum atomic E-state index is 12.0. The van der Waals surface area contributed by atoms with Crippen molar-refractivity contribution in [3.05, 3.63) is 36.7 Å². The maximum Gasteiger partial charge on any atom is 0.298 e. The maximum absolute atomic E-state index is 12.0. The molecule has 0 atom stereocenters. The van der Waals surface area contributed by atoms with Gasteiger partial charge in [0.2, 0.25) is 0 Å². The zero-order valence-electron chi connectivity index (χ0n) is 10.7. The summed E-state index contributed by atoms with van der Waals surface area (Å²) >= 11 is 0. The number of carbonyl (C=O) groups is 1. The Morgan fingerprint density at radius 2 is 2.05 bits per heavy atom. The molecule has 0 fully saturated rings. The third-order valence-electron chi connectivity index (χ3n) is 2.65. The van der Waals surface area contributed by atoms with Crippen LogP contribution in [0.2, 0.25) is 0 Å². The van der Waals surface area contributed by atoms with E-state index in [0.717, 1.165) is 0 Å². The first-order chi connectivity index (χ1) is 9.58. The van der Waals surface area contributed by atoms with Crippen LogP contribution in [0.1, 0.15) is 6.92 Å². The lowest BCUT2D eigenvalue weighted by molar-refractivity contribution is -0.120. The van der Waals surface area contributed by atoms with Crippen molar-refractivity contribution in [2.45, 2.75) is 11.8 Å². The zero-order chi connectivity index (χ0) is 14.6. The smallest absolute Gasteiger partial charge is 0.298 e. The van der Waals surface area contributed by atoms with Crippen molar-refractivity contribution in [2.24, 2.45) is 0 Å². The van der Waals surface area contributed by atoms with Crippen LogP contribution in [0.4, 0.5) is 0 Å². The molecule has 2 aromatic heterocycles. The molecule has 0 saturated carbocycles. The van der Waals surface area contributed by atoms with Gasteiger partial charge in [0.15, 0.2) is 9.84 Å². The Kier molecular flexibility index (Phi) is 4.09. The molecule has 0 saturated heterocycles. The van der Waals surface area contributed by atoms with E-state index in [1.165, 1.54) is 24.5 Å². The fourth-order valence-electron chi connectivity index (χ4n) is 1.64. The molecule has 104 valence electrons. The van der Waals surface area contributed by atoms with E-state index in [2.05, 4.69) is 14.7 Å². The van der Waals surface area contributed by atoms with Gasteiger partial charge in [0.25, 0.3) is 6.47 Å². The second-order valence-electron chi connectivity index (χ2n) is 3.85. The van der Waals surface area contributed by atoms with Gasteiger partial charge in [-0.25, -0.2) is 8.42 Å². The molecule has 2 heterocycles. The minimum absolute atomic E-state index is 0.0158. The Bertz CT molecular complexity index is 711. The third kappa shape index (κ3) is 2.83. The van der Waals surface area contributed by atoms with E-state index >= 15 is 0 Å². The molecule has 2 rings (SSSR count). The minimum atomic E-state index is -3.39. The first-order valence-electron chi connectivity index (χ1n) is 5.83. The van der Waals surface area contributed by atoms with E-state index in [4.69, 9.17) is 0 Å². The molecule has 0 bridgehead atoms. The molecule has 7 heteroatoms. The molecule has 0 aromatic carbocycles. The van der Waals surface area contributed by atoms with Crippen LogP contribution in [-0.2, 0) is 14.6 Å². The van der Waals surface area contributed by atoms with Crippen LogP contribution in [0.5, 0.6) is 5.75 Å². The molecular formula is C13H12N2O4S. The van der Waals surface area contributed by atoms with Gasteiger partial charge < -0.3 is 4.74 Å². The molecule has 0 N–H and O–H groups in total. The summed E-state index contributed by atoms with van der Waals surface area (Å²) in [5, 5.41) is 0.